The fourth-order valence-corrected chi connectivity index (χ4v) is 1.52. The summed E-state index contributed by atoms with van der Waals surface area (Å²) in [5.74, 6) is 0.280. The Balaban J connectivity index is 2.54. The molecule has 0 unspecified atom stereocenters. The van der Waals surface area contributed by atoms with Crippen LogP contribution < -0.4 is 0 Å². The molecule has 0 heterocycles. The van der Waals surface area contributed by atoms with E-state index in [2.05, 4.69) is 0 Å². The fraction of sp³-hybridized carbons (Fsp3) is 0.385. The SMILES string of the molecule is CC(=O)CCCC(=O)c1ccccc1C. The molecule has 0 bridgehead atoms. The number of rotatable bonds is 5. The van der Waals surface area contributed by atoms with Gasteiger partial charge in [0, 0.05) is 18.4 Å². The molecular weight excluding hydrogens is 188 g/mol. The molecule has 1 rings (SSSR count). The quantitative estimate of drug-likeness (QED) is 0.691. The Bertz CT molecular complexity index is 367. The van der Waals surface area contributed by atoms with Crippen LogP contribution in [0.3, 0.4) is 0 Å². The van der Waals surface area contributed by atoms with Crippen LogP contribution in [0.25, 0.3) is 0 Å². The maximum atomic E-state index is 11.7. The van der Waals surface area contributed by atoms with Gasteiger partial charge in [0.25, 0.3) is 0 Å². The van der Waals surface area contributed by atoms with Gasteiger partial charge in [-0.2, -0.15) is 0 Å². The molecule has 2 heteroatoms. The minimum absolute atomic E-state index is 0.134. The first kappa shape index (κ1) is 11.6. The van der Waals surface area contributed by atoms with E-state index in [1.54, 1.807) is 6.92 Å². The first-order valence-corrected chi connectivity index (χ1v) is 5.19. The lowest BCUT2D eigenvalue weighted by Gasteiger charge is -2.03. The minimum atomic E-state index is 0.134. The maximum Gasteiger partial charge on any atom is 0.163 e. The molecule has 1 aromatic rings. The molecule has 15 heavy (non-hydrogen) atoms. The number of benzene rings is 1. The van der Waals surface area contributed by atoms with Crippen molar-refractivity contribution in [2.45, 2.75) is 33.1 Å². The number of Topliss-reactive ketones (excluding diaryl/α,β-unsaturated/α-hetero) is 2. The van der Waals surface area contributed by atoms with E-state index in [0.29, 0.717) is 19.3 Å². The molecule has 0 atom stereocenters. The average molecular weight is 204 g/mol. The van der Waals surface area contributed by atoms with Crippen molar-refractivity contribution in [2.24, 2.45) is 0 Å². The summed E-state index contributed by atoms with van der Waals surface area (Å²) in [4.78, 5) is 22.5. The van der Waals surface area contributed by atoms with E-state index in [4.69, 9.17) is 0 Å². The Labute approximate surface area is 90.3 Å². The van der Waals surface area contributed by atoms with Crippen LogP contribution in [0.2, 0.25) is 0 Å². The molecule has 0 spiro atoms. The lowest BCUT2D eigenvalue weighted by Crippen LogP contribution is -2.02. The third kappa shape index (κ3) is 3.66. The Morgan fingerprint density at radius 1 is 1.13 bits per heavy atom. The Morgan fingerprint density at radius 2 is 1.80 bits per heavy atom. The number of ketones is 2. The van der Waals surface area contributed by atoms with Gasteiger partial charge in [0.2, 0.25) is 0 Å². The van der Waals surface area contributed by atoms with Crippen molar-refractivity contribution in [2.75, 3.05) is 0 Å². The van der Waals surface area contributed by atoms with Crippen LogP contribution in [0.5, 0.6) is 0 Å². The van der Waals surface area contributed by atoms with Crippen LogP contribution in [0.15, 0.2) is 24.3 Å². The second kappa shape index (κ2) is 5.44. The van der Waals surface area contributed by atoms with Crippen LogP contribution in [0.4, 0.5) is 0 Å². The molecule has 0 fully saturated rings. The predicted molar refractivity (Wildman–Crippen MR) is 60.0 cm³/mol. The molecule has 0 N–H and O–H groups in total. The lowest BCUT2D eigenvalue weighted by atomic mass is 10.0. The molecule has 0 saturated heterocycles. The molecule has 0 aliphatic carbocycles. The second-order valence-electron chi connectivity index (χ2n) is 3.79. The summed E-state index contributed by atoms with van der Waals surface area (Å²) in [5, 5.41) is 0. The van der Waals surface area contributed by atoms with E-state index in [1.165, 1.54) is 0 Å². The summed E-state index contributed by atoms with van der Waals surface area (Å²) >= 11 is 0. The molecule has 0 saturated carbocycles. The maximum absolute atomic E-state index is 11.7. The van der Waals surface area contributed by atoms with Gasteiger partial charge >= 0.3 is 0 Å². The molecule has 0 aliphatic heterocycles. The Morgan fingerprint density at radius 3 is 2.40 bits per heavy atom. The Hall–Kier alpha value is -1.44. The highest BCUT2D eigenvalue weighted by atomic mass is 16.1. The first-order valence-electron chi connectivity index (χ1n) is 5.19. The monoisotopic (exact) mass is 204 g/mol. The number of aryl methyl sites for hydroxylation is 1. The third-order valence-corrected chi connectivity index (χ3v) is 2.38. The fourth-order valence-electron chi connectivity index (χ4n) is 1.52. The highest BCUT2D eigenvalue weighted by Crippen LogP contribution is 2.11. The van der Waals surface area contributed by atoms with E-state index in [-0.39, 0.29) is 11.6 Å². The Kier molecular flexibility index (Phi) is 4.22. The van der Waals surface area contributed by atoms with Gasteiger partial charge in [-0.1, -0.05) is 24.3 Å². The molecular formula is C13H16O2. The van der Waals surface area contributed by atoms with Crippen LogP contribution in [-0.2, 0) is 4.79 Å². The smallest absolute Gasteiger partial charge is 0.163 e. The summed E-state index contributed by atoms with van der Waals surface area (Å²) in [6.07, 6.45) is 1.62. The number of carbonyl (C=O) groups excluding carboxylic acids is 2. The molecule has 80 valence electrons. The average Bonchev–Trinajstić information content (AvgIpc) is 2.17. The van der Waals surface area contributed by atoms with Crippen molar-refractivity contribution in [3.05, 3.63) is 35.4 Å². The van der Waals surface area contributed by atoms with Gasteiger partial charge in [-0.3, -0.25) is 4.79 Å². The predicted octanol–water partition coefficient (Wildman–Crippen LogP) is 2.94. The summed E-state index contributed by atoms with van der Waals surface area (Å²) in [7, 11) is 0. The van der Waals surface area contributed by atoms with Gasteiger partial charge < -0.3 is 4.79 Å². The number of hydrogen-bond donors (Lipinski definition) is 0. The standard InChI is InChI=1S/C13H16O2/c1-10-6-3-4-8-12(10)13(15)9-5-7-11(2)14/h3-4,6,8H,5,7,9H2,1-2H3. The molecule has 0 aromatic heterocycles. The molecule has 0 aliphatic rings. The highest BCUT2D eigenvalue weighted by molar-refractivity contribution is 5.97. The van der Waals surface area contributed by atoms with Gasteiger partial charge in [0.05, 0.1) is 0 Å². The molecule has 0 radical (unpaired) electrons. The zero-order valence-corrected chi connectivity index (χ0v) is 9.25. The van der Waals surface area contributed by atoms with Crippen LogP contribution in [0.1, 0.15) is 42.1 Å². The van der Waals surface area contributed by atoms with Crippen LogP contribution >= 0.6 is 0 Å². The van der Waals surface area contributed by atoms with Crippen LogP contribution in [-0.4, -0.2) is 11.6 Å². The zero-order chi connectivity index (χ0) is 11.3. The van der Waals surface area contributed by atoms with Crippen molar-refractivity contribution in [1.82, 2.24) is 0 Å². The summed E-state index contributed by atoms with van der Waals surface area (Å²) in [5.41, 5.74) is 1.78. The van der Waals surface area contributed by atoms with Gasteiger partial charge in [-0.05, 0) is 25.8 Å². The van der Waals surface area contributed by atoms with Crippen molar-refractivity contribution in [3.8, 4) is 0 Å². The highest BCUT2D eigenvalue weighted by Gasteiger charge is 2.07. The second-order valence-corrected chi connectivity index (χ2v) is 3.79. The van der Waals surface area contributed by atoms with E-state index in [1.807, 2.05) is 31.2 Å². The number of hydrogen-bond acceptors (Lipinski definition) is 2. The van der Waals surface area contributed by atoms with Crippen molar-refractivity contribution >= 4 is 11.6 Å². The van der Waals surface area contributed by atoms with Crippen molar-refractivity contribution in [1.29, 1.82) is 0 Å². The number of carbonyl (C=O) groups is 2. The summed E-state index contributed by atoms with van der Waals surface area (Å²) in [6, 6.07) is 7.55. The summed E-state index contributed by atoms with van der Waals surface area (Å²) < 4.78 is 0. The molecule has 2 nitrogen and oxygen atoms in total. The van der Waals surface area contributed by atoms with E-state index < -0.39 is 0 Å². The van der Waals surface area contributed by atoms with E-state index in [9.17, 15) is 9.59 Å². The van der Waals surface area contributed by atoms with Gasteiger partial charge in [-0.15, -0.1) is 0 Å². The van der Waals surface area contributed by atoms with Gasteiger partial charge in [0.15, 0.2) is 5.78 Å². The van der Waals surface area contributed by atoms with Gasteiger partial charge in [0.1, 0.15) is 5.78 Å². The topological polar surface area (TPSA) is 34.1 Å². The minimum Gasteiger partial charge on any atom is -0.300 e. The first-order chi connectivity index (χ1) is 7.11. The van der Waals surface area contributed by atoms with Gasteiger partial charge in [-0.25, -0.2) is 0 Å². The lowest BCUT2D eigenvalue weighted by molar-refractivity contribution is -0.117. The van der Waals surface area contributed by atoms with Crippen LogP contribution in [0, 0.1) is 6.92 Å². The van der Waals surface area contributed by atoms with Crippen molar-refractivity contribution < 1.29 is 9.59 Å². The van der Waals surface area contributed by atoms with E-state index >= 15 is 0 Å². The molecule has 0 amide bonds. The van der Waals surface area contributed by atoms with Crippen molar-refractivity contribution in [3.63, 3.8) is 0 Å². The molecule has 1 aromatic carbocycles. The third-order valence-electron chi connectivity index (χ3n) is 2.38. The zero-order valence-electron chi connectivity index (χ0n) is 9.25. The van der Waals surface area contributed by atoms with E-state index in [0.717, 1.165) is 11.1 Å². The summed E-state index contributed by atoms with van der Waals surface area (Å²) in [6.45, 7) is 3.48. The largest absolute Gasteiger partial charge is 0.300 e. The normalized spacial score (nSPS) is 10.0.